The third-order valence-electron chi connectivity index (χ3n) is 5.76. The van der Waals surface area contributed by atoms with Gasteiger partial charge in [0.05, 0.1) is 6.33 Å². The van der Waals surface area contributed by atoms with Crippen LogP contribution in [-0.4, -0.2) is 49.1 Å². The van der Waals surface area contributed by atoms with Crippen LogP contribution in [-0.2, 0) is 32.0 Å². The van der Waals surface area contributed by atoms with Crippen LogP contribution in [0.4, 0.5) is 0 Å². The number of aryl methyl sites for hydroxylation is 2. The van der Waals surface area contributed by atoms with E-state index in [2.05, 4.69) is 32.7 Å². The van der Waals surface area contributed by atoms with Crippen LogP contribution in [0.1, 0.15) is 17.7 Å². The summed E-state index contributed by atoms with van der Waals surface area (Å²) in [5.74, 6) is 0.0874. The molecule has 0 saturated carbocycles. The molecule has 9 nitrogen and oxygen atoms in total. The minimum atomic E-state index is -0.539. The van der Waals surface area contributed by atoms with Gasteiger partial charge in [0.2, 0.25) is 5.91 Å². The van der Waals surface area contributed by atoms with Crippen LogP contribution in [0.25, 0.3) is 11.2 Å². The number of nitrogens with zero attached hydrogens (tertiary/aromatic N) is 5. The number of nitrogens with one attached hydrogen (secondary N) is 1. The molecule has 10 heteroatoms. The van der Waals surface area contributed by atoms with Gasteiger partial charge in [0.1, 0.15) is 6.54 Å². The maximum Gasteiger partial charge on any atom is 0.332 e. The Kier molecular flexibility index (Phi) is 5.87. The second-order valence-electron chi connectivity index (χ2n) is 7.86. The van der Waals surface area contributed by atoms with Gasteiger partial charge in [-0.1, -0.05) is 6.07 Å². The fraction of sp³-hybridized carbons (Fsp3) is 0.500. The van der Waals surface area contributed by atoms with E-state index in [1.54, 1.807) is 30.0 Å². The first-order valence-electron chi connectivity index (χ1n) is 10.1. The van der Waals surface area contributed by atoms with Crippen molar-refractivity contribution >= 4 is 28.4 Å². The summed E-state index contributed by atoms with van der Waals surface area (Å²) in [6, 6.07) is 4.24. The van der Waals surface area contributed by atoms with Crippen LogP contribution >= 0.6 is 11.3 Å². The molecule has 1 N–H and O–H groups in total. The smallest absolute Gasteiger partial charge is 0.332 e. The van der Waals surface area contributed by atoms with Gasteiger partial charge in [0.15, 0.2) is 11.2 Å². The summed E-state index contributed by atoms with van der Waals surface area (Å²) < 4.78 is 3.84. The van der Waals surface area contributed by atoms with Crippen LogP contribution in [0.3, 0.4) is 0 Å². The molecule has 30 heavy (non-hydrogen) atoms. The molecule has 0 radical (unpaired) electrons. The molecule has 0 spiro atoms. The molecule has 160 valence electrons. The minimum Gasteiger partial charge on any atom is -0.354 e. The number of likely N-dealkylation sites (tertiary alicyclic amines) is 1. The standard InChI is InChI=1S/C20H26N6O3S/c1-23-13-22-18-17(23)19(28)26(20(29)24(18)2)12-16(27)21-10-14-5-7-25(8-6-14)11-15-4-3-9-30-15/h3-4,9,13-14H,5-8,10-12H2,1-2H3,(H,21,27). The molecule has 1 amide bonds. The number of rotatable bonds is 6. The molecule has 1 aliphatic heterocycles. The van der Waals surface area contributed by atoms with Crippen molar-refractivity contribution in [2.45, 2.75) is 25.9 Å². The third-order valence-corrected chi connectivity index (χ3v) is 6.62. The first-order chi connectivity index (χ1) is 14.4. The van der Waals surface area contributed by atoms with Crippen molar-refractivity contribution in [3.8, 4) is 0 Å². The van der Waals surface area contributed by atoms with Crippen LogP contribution in [0.2, 0.25) is 0 Å². The second kappa shape index (κ2) is 8.57. The summed E-state index contributed by atoms with van der Waals surface area (Å²) in [6.45, 7) is 3.28. The Labute approximate surface area is 177 Å². The number of aromatic nitrogens is 4. The van der Waals surface area contributed by atoms with Gasteiger partial charge in [-0.05, 0) is 43.3 Å². The molecule has 4 rings (SSSR count). The SMILES string of the molecule is Cn1cnc2c1c(=O)n(CC(=O)NCC1CCN(Cc3cccs3)CC1)c(=O)n2C. The molecule has 0 aliphatic carbocycles. The van der Waals surface area contributed by atoms with E-state index in [0.717, 1.165) is 37.0 Å². The van der Waals surface area contributed by atoms with Crippen LogP contribution < -0.4 is 16.6 Å². The zero-order chi connectivity index (χ0) is 21.3. The number of imidazole rings is 1. The highest BCUT2D eigenvalue weighted by Crippen LogP contribution is 2.20. The number of amides is 1. The Morgan fingerprint density at radius 2 is 2.03 bits per heavy atom. The van der Waals surface area contributed by atoms with Crippen molar-refractivity contribution in [3.63, 3.8) is 0 Å². The Hall–Kier alpha value is -2.72. The molecule has 1 fully saturated rings. The predicted molar refractivity (Wildman–Crippen MR) is 116 cm³/mol. The van der Waals surface area contributed by atoms with Crippen molar-refractivity contribution in [1.29, 1.82) is 0 Å². The first-order valence-corrected chi connectivity index (χ1v) is 10.9. The van der Waals surface area contributed by atoms with Crippen molar-refractivity contribution in [1.82, 2.24) is 28.9 Å². The van der Waals surface area contributed by atoms with Gasteiger partial charge in [-0.25, -0.2) is 14.3 Å². The lowest BCUT2D eigenvalue weighted by molar-refractivity contribution is -0.122. The predicted octanol–water partition coefficient (Wildman–Crippen LogP) is 0.524. The molecule has 0 aromatic carbocycles. The fourth-order valence-electron chi connectivity index (χ4n) is 3.96. The van der Waals surface area contributed by atoms with Gasteiger partial charge in [0.25, 0.3) is 5.56 Å². The van der Waals surface area contributed by atoms with E-state index < -0.39 is 11.2 Å². The first kappa shape index (κ1) is 20.5. The summed E-state index contributed by atoms with van der Waals surface area (Å²) >= 11 is 1.78. The minimum absolute atomic E-state index is 0.288. The van der Waals surface area contributed by atoms with Crippen molar-refractivity contribution in [2.24, 2.45) is 20.0 Å². The molecule has 0 unspecified atom stereocenters. The molecule has 1 aliphatic rings. The summed E-state index contributed by atoms with van der Waals surface area (Å²) in [5.41, 5.74) is -0.408. The number of carbonyl (C=O) groups is 1. The zero-order valence-electron chi connectivity index (χ0n) is 17.2. The monoisotopic (exact) mass is 430 g/mol. The average Bonchev–Trinajstić information content (AvgIpc) is 3.39. The fourth-order valence-corrected chi connectivity index (χ4v) is 4.71. The summed E-state index contributed by atoms with van der Waals surface area (Å²) in [5, 5.41) is 5.01. The number of fused-ring (bicyclic) bond motifs is 1. The number of carbonyl (C=O) groups excluding carboxylic acids is 1. The Balaban J connectivity index is 1.33. The summed E-state index contributed by atoms with van der Waals surface area (Å²) in [4.78, 5) is 45.6. The van der Waals surface area contributed by atoms with Crippen molar-refractivity contribution < 1.29 is 4.79 Å². The Morgan fingerprint density at radius 1 is 1.27 bits per heavy atom. The lowest BCUT2D eigenvalue weighted by Gasteiger charge is -2.31. The zero-order valence-corrected chi connectivity index (χ0v) is 18.0. The van der Waals surface area contributed by atoms with E-state index >= 15 is 0 Å². The number of hydrogen-bond acceptors (Lipinski definition) is 6. The van der Waals surface area contributed by atoms with Gasteiger partial charge < -0.3 is 9.88 Å². The number of thiophene rings is 1. The van der Waals surface area contributed by atoms with E-state index in [1.807, 2.05) is 0 Å². The molecule has 0 atom stereocenters. The van der Waals surface area contributed by atoms with E-state index in [0.29, 0.717) is 23.6 Å². The lowest BCUT2D eigenvalue weighted by atomic mass is 9.97. The van der Waals surface area contributed by atoms with Gasteiger partial charge in [-0.15, -0.1) is 11.3 Å². The third kappa shape index (κ3) is 4.10. The van der Waals surface area contributed by atoms with Crippen molar-refractivity contribution in [3.05, 3.63) is 49.6 Å². The van der Waals surface area contributed by atoms with Crippen LogP contribution in [0.5, 0.6) is 0 Å². The quantitative estimate of drug-likeness (QED) is 0.616. The van der Waals surface area contributed by atoms with Gasteiger partial charge >= 0.3 is 5.69 Å². The highest BCUT2D eigenvalue weighted by Gasteiger charge is 2.21. The summed E-state index contributed by atoms with van der Waals surface area (Å²) in [7, 11) is 3.24. The van der Waals surface area contributed by atoms with E-state index in [-0.39, 0.29) is 12.5 Å². The molecule has 3 aromatic heterocycles. The molecule has 3 aromatic rings. The van der Waals surface area contributed by atoms with Gasteiger partial charge in [-0.2, -0.15) is 0 Å². The highest BCUT2D eigenvalue weighted by atomic mass is 32.1. The van der Waals surface area contributed by atoms with Crippen LogP contribution in [0.15, 0.2) is 33.4 Å². The summed E-state index contributed by atoms with van der Waals surface area (Å²) in [6.07, 6.45) is 3.53. The second-order valence-corrected chi connectivity index (χ2v) is 8.90. The lowest BCUT2D eigenvalue weighted by Crippen LogP contribution is -2.44. The Morgan fingerprint density at radius 3 is 2.73 bits per heavy atom. The van der Waals surface area contributed by atoms with Gasteiger partial charge in [0, 0.05) is 32.1 Å². The molecule has 0 bridgehead atoms. The largest absolute Gasteiger partial charge is 0.354 e. The molecular formula is C20H26N6O3S. The van der Waals surface area contributed by atoms with E-state index in [4.69, 9.17) is 0 Å². The number of piperidine rings is 1. The normalized spacial score (nSPS) is 15.7. The Bertz CT molecular complexity index is 1150. The number of hydrogen-bond donors (Lipinski definition) is 1. The van der Waals surface area contributed by atoms with Crippen molar-refractivity contribution in [2.75, 3.05) is 19.6 Å². The molecular weight excluding hydrogens is 404 g/mol. The highest BCUT2D eigenvalue weighted by molar-refractivity contribution is 7.09. The average molecular weight is 431 g/mol. The van der Waals surface area contributed by atoms with E-state index in [9.17, 15) is 14.4 Å². The molecule has 1 saturated heterocycles. The van der Waals surface area contributed by atoms with Crippen LogP contribution in [0, 0.1) is 5.92 Å². The van der Waals surface area contributed by atoms with Gasteiger partial charge in [-0.3, -0.25) is 19.1 Å². The van der Waals surface area contributed by atoms with E-state index in [1.165, 1.54) is 15.8 Å². The maximum atomic E-state index is 12.7. The molecule has 4 heterocycles. The maximum absolute atomic E-state index is 12.7. The topological polar surface area (TPSA) is 94.2 Å².